The number of amides is 1. The average Bonchev–Trinajstić information content (AvgIpc) is 3.30. The van der Waals surface area contributed by atoms with Crippen molar-refractivity contribution >= 4 is 5.91 Å². The summed E-state index contributed by atoms with van der Waals surface area (Å²) in [5.41, 5.74) is 1.70. The third kappa shape index (κ3) is 4.31. The van der Waals surface area contributed by atoms with Crippen molar-refractivity contribution in [2.75, 3.05) is 33.5 Å². The Labute approximate surface area is 153 Å². The van der Waals surface area contributed by atoms with Gasteiger partial charge in [-0.15, -0.1) is 0 Å². The summed E-state index contributed by atoms with van der Waals surface area (Å²) < 4.78 is 14.0. The lowest BCUT2D eigenvalue weighted by Gasteiger charge is -2.35. The monoisotopic (exact) mass is 361 g/mol. The molecule has 8 nitrogen and oxygen atoms in total. The molecule has 3 heterocycles. The van der Waals surface area contributed by atoms with Gasteiger partial charge in [-0.2, -0.15) is 10.2 Å². The van der Waals surface area contributed by atoms with Crippen LogP contribution in [0.25, 0.3) is 0 Å². The van der Waals surface area contributed by atoms with E-state index in [0.29, 0.717) is 32.1 Å². The van der Waals surface area contributed by atoms with E-state index in [1.165, 1.54) is 0 Å². The number of ether oxygens (including phenoxy) is 2. The first-order valence-electron chi connectivity index (χ1n) is 9.08. The van der Waals surface area contributed by atoms with E-state index in [-0.39, 0.29) is 11.9 Å². The van der Waals surface area contributed by atoms with Gasteiger partial charge in [0, 0.05) is 38.7 Å². The number of nitrogens with zero attached hydrogens (tertiary/aromatic N) is 5. The molecule has 1 unspecified atom stereocenters. The normalized spacial score (nSPS) is 17.6. The summed E-state index contributed by atoms with van der Waals surface area (Å²) in [6.45, 7) is 2.90. The van der Waals surface area contributed by atoms with E-state index in [4.69, 9.17) is 9.47 Å². The number of carbonyl (C=O) groups excluding carboxylic acids is 1. The quantitative estimate of drug-likeness (QED) is 0.669. The zero-order chi connectivity index (χ0) is 18.4. The molecule has 1 saturated heterocycles. The maximum atomic E-state index is 13.2. The fourth-order valence-electron chi connectivity index (χ4n) is 3.37. The van der Waals surface area contributed by atoms with Crippen molar-refractivity contribution in [1.29, 1.82) is 0 Å². The summed E-state index contributed by atoms with van der Waals surface area (Å²) in [4.78, 5) is 15.1. The minimum atomic E-state index is 0.0212. The van der Waals surface area contributed by atoms with Crippen molar-refractivity contribution in [2.45, 2.75) is 31.8 Å². The van der Waals surface area contributed by atoms with Gasteiger partial charge >= 0.3 is 0 Å². The highest BCUT2D eigenvalue weighted by Gasteiger charge is 2.31. The molecule has 0 saturated carbocycles. The second-order valence-electron chi connectivity index (χ2n) is 6.50. The van der Waals surface area contributed by atoms with E-state index < -0.39 is 0 Å². The Morgan fingerprint density at radius 3 is 2.92 bits per heavy atom. The fraction of sp³-hybridized carbons (Fsp3) is 0.611. The molecule has 0 bridgehead atoms. The van der Waals surface area contributed by atoms with Crippen molar-refractivity contribution in [3.63, 3.8) is 0 Å². The lowest BCUT2D eigenvalue weighted by Crippen LogP contribution is -2.39. The van der Waals surface area contributed by atoms with Crippen LogP contribution in [0.2, 0.25) is 0 Å². The molecule has 1 aliphatic rings. The molecule has 142 valence electrons. The molecule has 0 radical (unpaired) electrons. The van der Waals surface area contributed by atoms with Gasteiger partial charge < -0.3 is 14.4 Å². The van der Waals surface area contributed by atoms with Crippen LogP contribution in [0.3, 0.4) is 0 Å². The zero-order valence-corrected chi connectivity index (χ0v) is 15.5. The van der Waals surface area contributed by atoms with Crippen molar-refractivity contribution in [1.82, 2.24) is 24.5 Å². The van der Waals surface area contributed by atoms with Crippen molar-refractivity contribution in [3.05, 3.63) is 35.9 Å². The molecule has 0 aromatic carbocycles. The van der Waals surface area contributed by atoms with E-state index in [0.717, 1.165) is 31.4 Å². The molecule has 3 rings (SSSR count). The Balaban J connectivity index is 1.68. The molecule has 26 heavy (non-hydrogen) atoms. The highest BCUT2D eigenvalue weighted by atomic mass is 16.5. The highest BCUT2D eigenvalue weighted by molar-refractivity contribution is 5.92. The molecule has 1 fully saturated rings. The molecular formula is C18H27N5O3. The van der Waals surface area contributed by atoms with Gasteiger partial charge in [0.05, 0.1) is 38.6 Å². The minimum Gasteiger partial charge on any atom is -0.382 e. The second-order valence-corrected chi connectivity index (χ2v) is 6.50. The van der Waals surface area contributed by atoms with Gasteiger partial charge in [-0.25, -0.2) is 0 Å². The van der Waals surface area contributed by atoms with E-state index in [9.17, 15) is 4.79 Å². The Morgan fingerprint density at radius 2 is 2.15 bits per heavy atom. The van der Waals surface area contributed by atoms with Crippen LogP contribution in [0, 0.1) is 0 Å². The van der Waals surface area contributed by atoms with Gasteiger partial charge in [0.1, 0.15) is 5.69 Å². The lowest BCUT2D eigenvalue weighted by atomic mass is 9.97. The van der Waals surface area contributed by atoms with Gasteiger partial charge in [0.25, 0.3) is 5.91 Å². The Kier molecular flexibility index (Phi) is 6.40. The number of rotatable bonds is 8. The molecule has 1 atom stereocenters. The first-order chi connectivity index (χ1) is 12.7. The molecule has 1 aliphatic heterocycles. The topological polar surface area (TPSA) is 74.4 Å². The molecule has 8 heteroatoms. The molecule has 0 N–H and O–H groups in total. The van der Waals surface area contributed by atoms with Crippen molar-refractivity contribution in [2.24, 2.45) is 7.05 Å². The van der Waals surface area contributed by atoms with Crippen LogP contribution in [0.15, 0.2) is 24.7 Å². The molecule has 0 aliphatic carbocycles. The van der Waals surface area contributed by atoms with Crippen LogP contribution in [0.5, 0.6) is 0 Å². The highest BCUT2D eigenvalue weighted by Crippen LogP contribution is 2.31. The van der Waals surface area contributed by atoms with E-state index >= 15 is 0 Å². The molecule has 1 amide bonds. The van der Waals surface area contributed by atoms with E-state index in [2.05, 4.69) is 10.2 Å². The fourth-order valence-corrected chi connectivity index (χ4v) is 3.37. The Hall–Kier alpha value is -2.19. The van der Waals surface area contributed by atoms with Crippen LogP contribution in [-0.2, 0) is 23.1 Å². The van der Waals surface area contributed by atoms with Gasteiger partial charge in [-0.1, -0.05) is 0 Å². The number of likely N-dealkylation sites (tertiary alicyclic amines) is 1. The number of carbonyl (C=O) groups is 1. The summed E-state index contributed by atoms with van der Waals surface area (Å²) in [7, 11) is 3.54. The standard InChI is InChI=1S/C18H27N5O3/c1-21-14-15(13-20-21)16-5-3-4-8-22(16)18(24)17-6-7-19-23(17)9-10-26-12-11-25-2/h6-7,13-14,16H,3-5,8-12H2,1-2H3. The first kappa shape index (κ1) is 18.6. The predicted molar refractivity (Wildman–Crippen MR) is 95.8 cm³/mol. The van der Waals surface area contributed by atoms with Crippen LogP contribution < -0.4 is 0 Å². The number of aryl methyl sites for hydroxylation is 1. The SMILES string of the molecule is COCCOCCn1nccc1C(=O)N1CCCCC1c1cnn(C)c1. The Bertz CT molecular complexity index is 711. The lowest BCUT2D eigenvalue weighted by molar-refractivity contribution is 0.0569. The number of piperidine rings is 1. The van der Waals surface area contributed by atoms with Crippen LogP contribution in [0.1, 0.15) is 41.4 Å². The van der Waals surface area contributed by atoms with E-state index in [1.54, 1.807) is 28.7 Å². The average molecular weight is 361 g/mol. The number of aromatic nitrogens is 4. The van der Waals surface area contributed by atoms with Gasteiger partial charge in [-0.05, 0) is 25.3 Å². The van der Waals surface area contributed by atoms with Crippen molar-refractivity contribution < 1.29 is 14.3 Å². The molecule has 0 spiro atoms. The molecular weight excluding hydrogens is 334 g/mol. The largest absolute Gasteiger partial charge is 0.382 e. The summed E-state index contributed by atoms with van der Waals surface area (Å²) >= 11 is 0. The number of methoxy groups -OCH3 is 1. The summed E-state index contributed by atoms with van der Waals surface area (Å²) in [6.07, 6.45) is 8.64. The maximum Gasteiger partial charge on any atom is 0.272 e. The molecule has 2 aromatic heterocycles. The predicted octanol–water partition coefficient (Wildman–Crippen LogP) is 1.65. The Morgan fingerprint density at radius 1 is 1.27 bits per heavy atom. The molecule has 2 aromatic rings. The van der Waals surface area contributed by atoms with Crippen LogP contribution in [0.4, 0.5) is 0 Å². The maximum absolute atomic E-state index is 13.2. The minimum absolute atomic E-state index is 0.0212. The van der Waals surface area contributed by atoms with Gasteiger partial charge in [0.15, 0.2) is 0 Å². The first-order valence-corrected chi connectivity index (χ1v) is 9.08. The third-order valence-electron chi connectivity index (χ3n) is 4.69. The summed E-state index contributed by atoms with van der Waals surface area (Å²) in [6, 6.07) is 1.86. The smallest absolute Gasteiger partial charge is 0.272 e. The van der Waals surface area contributed by atoms with Gasteiger partial charge in [0.2, 0.25) is 0 Å². The van der Waals surface area contributed by atoms with E-state index in [1.807, 2.05) is 24.3 Å². The number of hydrogen-bond acceptors (Lipinski definition) is 5. The third-order valence-corrected chi connectivity index (χ3v) is 4.69. The van der Waals surface area contributed by atoms with Crippen LogP contribution >= 0.6 is 0 Å². The second kappa shape index (κ2) is 8.95. The summed E-state index contributed by atoms with van der Waals surface area (Å²) in [5.74, 6) is 0.0212. The van der Waals surface area contributed by atoms with Crippen LogP contribution in [-0.4, -0.2) is 63.8 Å². The summed E-state index contributed by atoms with van der Waals surface area (Å²) in [5, 5.41) is 8.56. The van der Waals surface area contributed by atoms with Crippen molar-refractivity contribution in [3.8, 4) is 0 Å². The number of hydrogen-bond donors (Lipinski definition) is 0. The van der Waals surface area contributed by atoms with Gasteiger partial charge in [-0.3, -0.25) is 14.2 Å². The zero-order valence-electron chi connectivity index (χ0n) is 15.5.